The summed E-state index contributed by atoms with van der Waals surface area (Å²) in [7, 11) is 0. The summed E-state index contributed by atoms with van der Waals surface area (Å²) in [6.07, 6.45) is -2.22. The van der Waals surface area contributed by atoms with E-state index in [0.717, 1.165) is 37.8 Å². The number of carboxylic acid groups (broad SMARTS) is 1. The first-order valence-corrected chi connectivity index (χ1v) is 7.59. The second-order valence-electron chi connectivity index (χ2n) is 6.44. The number of benzene rings is 1. The molecule has 0 unspecified atom stereocenters. The monoisotopic (exact) mass is 329 g/mol. The molecule has 23 heavy (non-hydrogen) atoms. The van der Waals surface area contributed by atoms with Crippen LogP contribution in [-0.2, 0) is 6.18 Å². The van der Waals surface area contributed by atoms with Crippen LogP contribution in [0.1, 0.15) is 31.2 Å². The lowest BCUT2D eigenvalue weighted by Gasteiger charge is -2.51. The smallest absolute Gasteiger partial charge is 0.416 e. The minimum Gasteiger partial charge on any atom is -0.490 e. The lowest BCUT2D eigenvalue weighted by Crippen LogP contribution is -2.51. The molecule has 1 aliphatic heterocycles. The van der Waals surface area contributed by atoms with Gasteiger partial charge in [0, 0.05) is 13.1 Å². The number of likely N-dealkylation sites (tertiary alicyclic amines) is 1. The number of alkyl halides is 3. The van der Waals surface area contributed by atoms with Gasteiger partial charge in [0.2, 0.25) is 0 Å². The maximum atomic E-state index is 12.7. The van der Waals surface area contributed by atoms with E-state index in [1.54, 1.807) is 0 Å². The van der Waals surface area contributed by atoms with Crippen molar-refractivity contribution < 1.29 is 27.8 Å². The summed E-state index contributed by atoms with van der Waals surface area (Å²) in [5.74, 6) is 0.239. The quantitative estimate of drug-likeness (QED) is 0.892. The maximum Gasteiger partial charge on any atom is 0.416 e. The highest BCUT2D eigenvalue weighted by atomic mass is 19.4. The Balaban J connectivity index is 1.54. The van der Waals surface area contributed by atoms with Crippen molar-refractivity contribution in [1.29, 1.82) is 0 Å². The zero-order valence-electron chi connectivity index (χ0n) is 12.5. The summed E-state index contributed by atoms with van der Waals surface area (Å²) < 4.78 is 43.7. The number of piperidine rings is 1. The van der Waals surface area contributed by atoms with Gasteiger partial charge in [0.05, 0.1) is 11.7 Å². The molecule has 1 saturated carbocycles. The standard InChI is InChI=1S/C16H18F3NO3/c17-16(18,19)11-2-1-3-12(8-11)23-13-9-15(10-13)4-6-20(7-5-15)14(21)22/h1-3,8,13H,4-7,9-10H2,(H,21,22). The lowest BCUT2D eigenvalue weighted by molar-refractivity contribution is -0.137. The number of hydrogen-bond acceptors (Lipinski definition) is 2. The van der Waals surface area contributed by atoms with Crippen molar-refractivity contribution in [2.24, 2.45) is 5.41 Å². The van der Waals surface area contributed by atoms with Crippen LogP contribution in [0.4, 0.5) is 18.0 Å². The van der Waals surface area contributed by atoms with Gasteiger partial charge in [0.15, 0.2) is 0 Å². The van der Waals surface area contributed by atoms with Gasteiger partial charge in [-0.05, 0) is 49.3 Å². The predicted octanol–water partition coefficient (Wildman–Crippen LogP) is 4.01. The van der Waals surface area contributed by atoms with Crippen LogP contribution in [0.15, 0.2) is 24.3 Å². The Morgan fingerprint density at radius 3 is 2.48 bits per heavy atom. The van der Waals surface area contributed by atoms with E-state index in [2.05, 4.69) is 0 Å². The Labute approximate surface area is 131 Å². The molecular weight excluding hydrogens is 311 g/mol. The number of carbonyl (C=O) groups is 1. The van der Waals surface area contributed by atoms with Gasteiger partial charge in [0.1, 0.15) is 5.75 Å². The minimum absolute atomic E-state index is 0.0881. The van der Waals surface area contributed by atoms with Crippen LogP contribution in [0.2, 0.25) is 0 Å². The molecule has 1 aromatic rings. The SMILES string of the molecule is O=C(O)N1CCC2(CC1)CC(Oc1cccc(C(F)(F)F)c1)C2. The molecule has 1 amide bonds. The minimum atomic E-state index is -4.37. The van der Waals surface area contributed by atoms with E-state index in [4.69, 9.17) is 9.84 Å². The molecule has 2 fully saturated rings. The Kier molecular flexibility index (Phi) is 3.90. The van der Waals surface area contributed by atoms with Gasteiger partial charge in [-0.2, -0.15) is 13.2 Å². The van der Waals surface area contributed by atoms with E-state index in [9.17, 15) is 18.0 Å². The van der Waals surface area contributed by atoms with E-state index >= 15 is 0 Å². The summed E-state index contributed by atoms with van der Waals surface area (Å²) >= 11 is 0. The Hall–Kier alpha value is -1.92. The molecule has 1 heterocycles. The van der Waals surface area contributed by atoms with Gasteiger partial charge in [-0.3, -0.25) is 0 Å². The van der Waals surface area contributed by atoms with Crippen molar-refractivity contribution in [1.82, 2.24) is 4.90 Å². The number of nitrogens with zero attached hydrogens (tertiary/aromatic N) is 1. The van der Waals surface area contributed by atoms with Crippen LogP contribution < -0.4 is 4.74 Å². The van der Waals surface area contributed by atoms with E-state index < -0.39 is 17.8 Å². The van der Waals surface area contributed by atoms with Gasteiger partial charge in [-0.1, -0.05) is 6.07 Å². The van der Waals surface area contributed by atoms with Crippen LogP contribution >= 0.6 is 0 Å². The lowest BCUT2D eigenvalue weighted by atomic mass is 9.61. The van der Waals surface area contributed by atoms with Crippen molar-refractivity contribution in [3.8, 4) is 5.75 Å². The van der Waals surface area contributed by atoms with Crippen molar-refractivity contribution >= 4 is 6.09 Å². The third-order valence-electron chi connectivity index (χ3n) is 4.88. The summed E-state index contributed by atoms with van der Waals surface area (Å²) in [6, 6.07) is 4.93. The van der Waals surface area contributed by atoms with Crippen molar-refractivity contribution in [2.45, 2.75) is 38.0 Å². The van der Waals surface area contributed by atoms with Crippen LogP contribution in [-0.4, -0.2) is 35.3 Å². The molecular formula is C16H18F3NO3. The molecule has 0 aromatic heterocycles. The fourth-order valence-corrected chi connectivity index (χ4v) is 3.51. The molecule has 3 rings (SSSR count). The number of hydrogen-bond donors (Lipinski definition) is 1. The summed E-state index contributed by atoms with van der Waals surface area (Å²) in [6.45, 7) is 1.04. The van der Waals surface area contributed by atoms with Gasteiger partial charge < -0.3 is 14.7 Å². The highest BCUT2D eigenvalue weighted by Crippen LogP contribution is 2.50. The number of rotatable bonds is 2. The summed E-state index contributed by atoms with van der Waals surface area (Å²) in [5, 5.41) is 8.95. The molecule has 0 bridgehead atoms. The first kappa shape index (κ1) is 16.0. The number of halogens is 3. The summed E-state index contributed by atoms with van der Waals surface area (Å²) in [4.78, 5) is 12.3. The molecule has 0 atom stereocenters. The molecule has 126 valence electrons. The molecule has 1 spiro atoms. The maximum absolute atomic E-state index is 12.7. The molecule has 2 aliphatic rings. The summed E-state index contributed by atoms with van der Waals surface area (Å²) in [5.41, 5.74) is -0.614. The third-order valence-corrected chi connectivity index (χ3v) is 4.88. The van der Waals surface area contributed by atoms with Gasteiger partial charge in [-0.15, -0.1) is 0 Å². The average molecular weight is 329 g/mol. The van der Waals surface area contributed by atoms with Crippen molar-refractivity contribution in [3.05, 3.63) is 29.8 Å². The van der Waals surface area contributed by atoms with Crippen molar-refractivity contribution in [3.63, 3.8) is 0 Å². The van der Waals surface area contributed by atoms with Crippen LogP contribution in [0.25, 0.3) is 0 Å². The third kappa shape index (κ3) is 3.38. The fourth-order valence-electron chi connectivity index (χ4n) is 3.51. The van der Waals surface area contributed by atoms with E-state index in [1.165, 1.54) is 17.0 Å². The Morgan fingerprint density at radius 2 is 1.91 bits per heavy atom. The molecule has 1 N–H and O–H groups in total. The van der Waals surface area contributed by atoms with E-state index in [0.29, 0.717) is 13.1 Å². The second-order valence-corrected chi connectivity index (χ2v) is 6.44. The topological polar surface area (TPSA) is 49.8 Å². The van der Waals surface area contributed by atoms with Gasteiger partial charge in [-0.25, -0.2) is 4.79 Å². The fraction of sp³-hybridized carbons (Fsp3) is 0.562. The molecule has 4 nitrogen and oxygen atoms in total. The second kappa shape index (κ2) is 5.62. The molecule has 1 aromatic carbocycles. The molecule has 7 heteroatoms. The highest BCUT2D eigenvalue weighted by molar-refractivity contribution is 5.65. The van der Waals surface area contributed by atoms with Crippen LogP contribution in [0.5, 0.6) is 5.75 Å². The Bertz CT molecular complexity index is 586. The zero-order chi connectivity index (χ0) is 16.7. The largest absolute Gasteiger partial charge is 0.490 e. The van der Waals surface area contributed by atoms with E-state index in [-0.39, 0.29) is 17.3 Å². The van der Waals surface area contributed by atoms with Gasteiger partial charge >= 0.3 is 12.3 Å². The van der Waals surface area contributed by atoms with Crippen LogP contribution in [0, 0.1) is 5.41 Å². The van der Waals surface area contributed by atoms with Crippen molar-refractivity contribution in [2.75, 3.05) is 13.1 Å². The van der Waals surface area contributed by atoms with E-state index in [1.807, 2.05) is 0 Å². The predicted molar refractivity (Wildman–Crippen MR) is 76.4 cm³/mol. The molecule has 1 aliphatic carbocycles. The average Bonchev–Trinajstić information content (AvgIpc) is 2.45. The molecule has 1 saturated heterocycles. The normalized spacial score (nSPS) is 21.1. The molecule has 0 radical (unpaired) electrons. The Morgan fingerprint density at radius 1 is 1.26 bits per heavy atom. The van der Waals surface area contributed by atoms with Gasteiger partial charge in [0.25, 0.3) is 0 Å². The number of amides is 1. The highest BCUT2D eigenvalue weighted by Gasteiger charge is 2.47. The van der Waals surface area contributed by atoms with Crippen LogP contribution in [0.3, 0.4) is 0 Å². The zero-order valence-corrected chi connectivity index (χ0v) is 12.5. The first-order chi connectivity index (χ1) is 10.8. The number of ether oxygens (including phenoxy) is 1. The first-order valence-electron chi connectivity index (χ1n) is 7.59.